The SMILES string of the molecule is NCC#Cc1cccc(NC(=O)c2ccncc2)c1. The average Bonchev–Trinajstić information content (AvgIpc) is 2.46. The summed E-state index contributed by atoms with van der Waals surface area (Å²) in [6, 6.07) is 10.6. The smallest absolute Gasteiger partial charge is 0.255 e. The summed E-state index contributed by atoms with van der Waals surface area (Å²) in [5, 5.41) is 2.81. The number of pyridine rings is 1. The molecular weight excluding hydrogens is 238 g/mol. The molecule has 0 unspecified atom stereocenters. The topological polar surface area (TPSA) is 68.0 Å². The molecule has 0 aliphatic rings. The minimum Gasteiger partial charge on any atom is -0.322 e. The summed E-state index contributed by atoms with van der Waals surface area (Å²) in [5.41, 5.74) is 7.40. The fourth-order valence-corrected chi connectivity index (χ4v) is 1.53. The Bertz CT molecular complexity index is 627. The molecule has 0 saturated heterocycles. The van der Waals surface area contributed by atoms with Gasteiger partial charge >= 0.3 is 0 Å². The van der Waals surface area contributed by atoms with Crippen molar-refractivity contribution >= 4 is 11.6 Å². The number of nitrogens with two attached hydrogens (primary N) is 1. The van der Waals surface area contributed by atoms with E-state index in [0.29, 0.717) is 17.8 Å². The number of amides is 1. The molecule has 1 amide bonds. The van der Waals surface area contributed by atoms with Crippen LogP contribution in [0.25, 0.3) is 0 Å². The highest BCUT2D eigenvalue weighted by Gasteiger charge is 2.05. The van der Waals surface area contributed by atoms with E-state index in [9.17, 15) is 4.79 Å². The van der Waals surface area contributed by atoms with Gasteiger partial charge in [0, 0.05) is 29.2 Å². The molecule has 0 fully saturated rings. The van der Waals surface area contributed by atoms with Gasteiger partial charge in [-0.2, -0.15) is 0 Å². The van der Waals surface area contributed by atoms with Gasteiger partial charge in [-0.05, 0) is 30.3 Å². The highest BCUT2D eigenvalue weighted by atomic mass is 16.1. The summed E-state index contributed by atoms with van der Waals surface area (Å²) in [4.78, 5) is 15.8. The van der Waals surface area contributed by atoms with E-state index in [2.05, 4.69) is 22.1 Å². The van der Waals surface area contributed by atoms with Crippen LogP contribution in [0.15, 0.2) is 48.8 Å². The maximum absolute atomic E-state index is 11.9. The van der Waals surface area contributed by atoms with Crippen molar-refractivity contribution in [3.63, 3.8) is 0 Å². The van der Waals surface area contributed by atoms with E-state index in [4.69, 9.17) is 5.73 Å². The second-order valence-corrected chi connectivity index (χ2v) is 3.78. The summed E-state index contributed by atoms with van der Waals surface area (Å²) in [6.45, 7) is 0.313. The molecule has 0 bridgehead atoms. The van der Waals surface area contributed by atoms with Gasteiger partial charge in [0.1, 0.15) is 0 Å². The van der Waals surface area contributed by atoms with Crippen LogP contribution in [0.5, 0.6) is 0 Å². The van der Waals surface area contributed by atoms with Crippen LogP contribution in [0.4, 0.5) is 5.69 Å². The van der Waals surface area contributed by atoms with Gasteiger partial charge in [0.2, 0.25) is 0 Å². The van der Waals surface area contributed by atoms with Crippen molar-refractivity contribution in [3.05, 3.63) is 59.9 Å². The minimum absolute atomic E-state index is 0.175. The molecule has 4 nitrogen and oxygen atoms in total. The van der Waals surface area contributed by atoms with Crippen LogP contribution in [0.1, 0.15) is 15.9 Å². The normalized spacial score (nSPS) is 9.32. The van der Waals surface area contributed by atoms with Gasteiger partial charge in [0.05, 0.1) is 6.54 Å². The first-order valence-electron chi connectivity index (χ1n) is 5.80. The summed E-state index contributed by atoms with van der Waals surface area (Å²) >= 11 is 0. The van der Waals surface area contributed by atoms with Crippen LogP contribution in [-0.4, -0.2) is 17.4 Å². The minimum atomic E-state index is -0.175. The zero-order chi connectivity index (χ0) is 13.5. The van der Waals surface area contributed by atoms with Crippen LogP contribution >= 0.6 is 0 Å². The van der Waals surface area contributed by atoms with Crippen molar-refractivity contribution in [1.29, 1.82) is 0 Å². The molecule has 0 spiro atoms. The van der Waals surface area contributed by atoms with Crippen molar-refractivity contribution in [2.24, 2.45) is 5.73 Å². The quantitative estimate of drug-likeness (QED) is 0.797. The Hall–Kier alpha value is -2.64. The van der Waals surface area contributed by atoms with Crippen LogP contribution in [0, 0.1) is 11.8 Å². The number of rotatable bonds is 2. The molecule has 0 saturated carbocycles. The Kier molecular flexibility index (Phi) is 4.27. The second kappa shape index (κ2) is 6.34. The average molecular weight is 251 g/mol. The van der Waals surface area contributed by atoms with E-state index in [-0.39, 0.29) is 5.91 Å². The number of aromatic nitrogens is 1. The molecule has 2 rings (SSSR count). The van der Waals surface area contributed by atoms with Gasteiger partial charge in [-0.25, -0.2) is 0 Å². The molecule has 1 heterocycles. The molecule has 0 aliphatic heterocycles. The van der Waals surface area contributed by atoms with Gasteiger partial charge in [-0.15, -0.1) is 0 Å². The third-order valence-electron chi connectivity index (χ3n) is 2.40. The maximum atomic E-state index is 11.9. The van der Waals surface area contributed by atoms with Crippen LogP contribution in [0.3, 0.4) is 0 Å². The number of carbonyl (C=O) groups is 1. The Balaban J connectivity index is 2.13. The van der Waals surface area contributed by atoms with E-state index in [1.54, 1.807) is 24.5 Å². The predicted molar refractivity (Wildman–Crippen MR) is 74.6 cm³/mol. The third kappa shape index (κ3) is 3.66. The first-order valence-corrected chi connectivity index (χ1v) is 5.80. The maximum Gasteiger partial charge on any atom is 0.255 e. The number of anilines is 1. The Labute approximate surface area is 111 Å². The Morgan fingerprint density at radius 3 is 2.79 bits per heavy atom. The standard InChI is InChI=1S/C15H13N3O/c16-8-2-4-12-3-1-5-14(11-12)18-15(19)13-6-9-17-10-7-13/h1,3,5-7,9-11H,8,16H2,(H,18,19). The lowest BCUT2D eigenvalue weighted by Crippen LogP contribution is -2.11. The van der Waals surface area contributed by atoms with Crippen LogP contribution < -0.4 is 11.1 Å². The molecule has 1 aromatic carbocycles. The Morgan fingerprint density at radius 1 is 1.26 bits per heavy atom. The van der Waals surface area contributed by atoms with E-state index in [0.717, 1.165) is 5.56 Å². The lowest BCUT2D eigenvalue weighted by Gasteiger charge is -2.05. The predicted octanol–water partition coefficient (Wildman–Crippen LogP) is 1.64. The first-order chi connectivity index (χ1) is 9.29. The van der Waals surface area contributed by atoms with E-state index in [1.807, 2.05) is 24.3 Å². The van der Waals surface area contributed by atoms with E-state index in [1.165, 1.54) is 0 Å². The van der Waals surface area contributed by atoms with Crippen LogP contribution in [-0.2, 0) is 0 Å². The van der Waals surface area contributed by atoms with Gasteiger partial charge in [-0.1, -0.05) is 17.9 Å². The first kappa shape index (κ1) is 12.8. The van der Waals surface area contributed by atoms with E-state index >= 15 is 0 Å². The molecule has 0 atom stereocenters. The zero-order valence-electron chi connectivity index (χ0n) is 10.3. The summed E-state index contributed by atoms with van der Waals surface area (Å²) in [6.07, 6.45) is 3.16. The van der Waals surface area contributed by atoms with Crippen molar-refractivity contribution < 1.29 is 4.79 Å². The number of hydrogen-bond acceptors (Lipinski definition) is 3. The fourth-order valence-electron chi connectivity index (χ4n) is 1.53. The van der Waals surface area contributed by atoms with E-state index < -0.39 is 0 Å². The van der Waals surface area contributed by atoms with Gasteiger partial charge in [0.15, 0.2) is 0 Å². The highest BCUT2D eigenvalue weighted by molar-refractivity contribution is 6.04. The molecule has 94 valence electrons. The molecule has 19 heavy (non-hydrogen) atoms. The van der Waals surface area contributed by atoms with Crippen molar-refractivity contribution in [3.8, 4) is 11.8 Å². The van der Waals surface area contributed by atoms with Crippen LogP contribution in [0.2, 0.25) is 0 Å². The third-order valence-corrected chi connectivity index (χ3v) is 2.40. The lowest BCUT2D eigenvalue weighted by molar-refractivity contribution is 0.102. The molecule has 0 aliphatic carbocycles. The monoisotopic (exact) mass is 251 g/mol. The molecule has 0 radical (unpaired) electrons. The molecule has 2 aromatic rings. The van der Waals surface area contributed by atoms with Gasteiger partial charge in [0.25, 0.3) is 5.91 Å². The number of hydrogen-bond donors (Lipinski definition) is 2. The largest absolute Gasteiger partial charge is 0.322 e. The number of nitrogens with one attached hydrogen (secondary N) is 1. The molecule has 3 N–H and O–H groups in total. The Morgan fingerprint density at radius 2 is 2.05 bits per heavy atom. The molecule has 1 aromatic heterocycles. The zero-order valence-corrected chi connectivity index (χ0v) is 10.3. The van der Waals surface area contributed by atoms with Gasteiger partial charge < -0.3 is 11.1 Å². The number of carbonyl (C=O) groups excluding carboxylic acids is 1. The second-order valence-electron chi connectivity index (χ2n) is 3.78. The molecular formula is C15H13N3O. The number of benzene rings is 1. The van der Waals surface area contributed by atoms with Crippen molar-refractivity contribution in [1.82, 2.24) is 4.98 Å². The lowest BCUT2D eigenvalue weighted by atomic mass is 10.2. The molecule has 4 heteroatoms. The summed E-state index contributed by atoms with van der Waals surface area (Å²) in [7, 11) is 0. The summed E-state index contributed by atoms with van der Waals surface area (Å²) < 4.78 is 0. The van der Waals surface area contributed by atoms with Crippen molar-refractivity contribution in [2.75, 3.05) is 11.9 Å². The highest BCUT2D eigenvalue weighted by Crippen LogP contribution is 2.11. The van der Waals surface area contributed by atoms with Gasteiger partial charge in [-0.3, -0.25) is 9.78 Å². The fraction of sp³-hybridized carbons (Fsp3) is 0.0667. The summed E-state index contributed by atoms with van der Waals surface area (Å²) in [5.74, 6) is 5.52. The number of nitrogens with zero attached hydrogens (tertiary/aromatic N) is 1. The van der Waals surface area contributed by atoms with Crippen molar-refractivity contribution in [2.45, 2.75) is 0 Å².